The van der Waals surface area contributed by atoms with Gasteiger partial charge in [-0.1, -0.05) is 6.07 Å². The number of nitrogens with two attached hydrogens (primary N) is 1. The lowest BCUT2D eigenvalue weighted by Crippen LogP contribution is -2.17. The van der Waals surface area contributed by atoms with Crippen molar-refractivity contribution in [2.24, 2.45) is 5.73 Å². The third-order valence-electron chi connectivity index (χ3n) is 3.09. The molecular weight excluding hydrogens is 198 g/mol. The van der Waals surface area contributed by atoms with E-state index in [4.69, 9.17) is 5.73 Å². The molecule has 2 aromatic rings. The molecule has 1 aliphatic rings. The van der Waals surface area contributed by atoms with Crippen LogP contribution in [0.5, 0.6) is 0 Å². The maximum atomic E-state index is 5.81. The zero-order chi connectivity index (χ0) is 11.1. The maximum absolute atomic E-state index is 5.81. The number of H-pyrrole nitrogens is 1. The summed E-state index contributed by atoms with van der Waals surface area (Å²) in [7, 11) is 0. The second kappa shape index (κ2) is 3.59. The van der Waals surface area contributed by atoms with Crippen molar-refractivity contribution in [1.82, 2.24) is 9.97 Å². The van der Waals surface area contributed by atoms with Gasteiger partial charge in [0, 0.05) is 12.0 Å². The van der Waals surface area contributed by atoms with Crippen LogP contribution in [-0.4, -0.2) is 16.0 Å². The van der Waals surface area contributed by atoms with E-state index in [0.717, 1.165) is 23.3 Å². The van der Waals surface area contributed by atoms with Gasteiger partial charge < -0.3 is 10.7 Å². The van der Waals surface area contributed by atoms with Gasteiger partial charge in [-0.3, -0.25) is 0 Å². The van der Waals surface area contributed by atoms with Crippen molar-refractivity contribution in [1.29, 1.82) is 0 Å². The molecule has 1 atom stereocenters. The third kappa shape index (κ3) is 1.83. The topological polar surface area (TPSA) is 54.7 Å². The molecule has 1 heterocycles. The number of benzene rings is 1. The van der Waals surface area contributed by atoms with Gasteiger partial charge in [0.25, 0.3) is 0 Å². The lowest BCUT2D eigenvalue weighted by molar-refractivity contribution is 0.739. The molecule has 0 radical (unpaired) electrons. The van der Waals surface area contributed by atoms with Crippen molar-refractivity contribution in [3.8, 4) is 0 Å². The van der Waals surface area contributed by atoms with E-state index in [1.807, 2.05) is 6.92 Å². The Balaban J connectivity index is 1.96. The highest BCUT2D eigenvalue weighted by Gasteiger charge is 2.26. The number of aromatic nitrogens is 2. The first kappa shape index (κ1) is 9.85. The Bertz CT molecular complexity index is 509. The predicted octanol–water partition coefficient (Wildman–Crippen LogP) is 2.33. The van der Waals surface area contributed by atoms with E-state index in [1.54, 1.807) is 0 Å². The van der Waals surface area contributed by atoms with E-state index in [9.17, 15) is 0 Å². The minimum Gasteiger partial charge on any atom is -0.342 e. The Labute approximate surface area is 95.1 Å². The molecule has 3 nitrogen and oxygen atoms in total. The molecule has 3 heteroatoms. The molecule has 1 aromatic heterocycles. The largest absolute Gasteiger partial charge is 0.342 e. The van der Waals surface area contributed by atoms with Gasteiger partial charge in [-0.05, 0) is 43.9 Å². The Morgan fingerprint density at radius 3 is 3.00 bits per heavy atom. The average molecular weight is 215 g/mol. The molecule has 84 valence electrons. The quantitative estimate of drug-likeness (QED) is 0.825. The number of fused-ring (bicyclic) bond motifs is 1. The number of hydrogen-bond acceptors (Lipinski definition) is 2. The summed E-state index contributed by atoms with van der Waals surface area (Å²) >= 11 is 0. The van der Waals surface area contributed by atoms with Crippen LogP contribution in [0, 0.1) is 0 Å². The van der Waals surface area contributed by atoms with Gasteiger partial charge in [-0.15, -0.1) is 0 Å². The monoisotopic (exact) mass is 215 g/mol. The first-order chi connectivity index (χ1) is 7.72. The summed E-state index contributed by atoms with van der Waals surface area (Å²) in [4.78, 5) is 8.03. The van der Waals surface area contributed by atoms with Crippen molar-refractivity contribution in [2.75, 3.05) is 0 Å². The standard InChI is InChI=1S/C13H17N3/c1-8(14)6-9-2-5-11-12(7-9)16-13(15-11)10-3-4-10/h2,5,7-8,10H,3-4,6,14H2,1H3,(H,15,16). The van der Waals surface area contributed by atoms with Gasteiger partial charge in [0.2, 0.25) is 0 Å². The molecule has 1 saturated carbocycles. The number of nitrogens with zero attached hydrogens (tertiary/aromatic N) is 1. The number of imidazole rings is 1. The molecule has 0 bridgehead atoms. The van der Waals surface area contributed by atoms with E-state index < -0.39 is 0 Å². The average Bonchev–Trinajstić information content (AvgIpc) is 2.98. The van der Waals surface area contributed by atoms with Crippen LogP contribution >= 0.6 is 0 Å². The van der Waals surface area contributed by atoms with Crippen LogP contribution in [0.3, 0.4) is 0 Å². The Morgan fingerprint density at radius 2 is 2.31 bits per heavy atom. The van der Waals surface area contributed by atoms with Crippen LogP contribution in [-0.2, 0) is 6.42 Å². The van der Waals surface area contributed by atoms with E-state index in [-0.39, 0.29) is 6.04 Å². The first-order valence-corrected chi connectivity index (χ1v) is 5.96. The maximum Gasteiger partial charge on any atom is 0.110 e. The van der Waals surface area contributed by atoms with Gasteiger partial charge in [0.15, 0.2) is 0 Å². The molecule has 1 aromatic carbocycles. The molecule has 3 N–H and O–H groups in total. The SMILES string of the molecule is CC(N)Cc1ccc2nc(C3CC3)[nH]c2c1. The zero-order valence-electron chi connectivity index (χ0n) is 9.53. The molecule has 0 aliphatic heterocycles. The molecule has 0 amide bonds. The Hall–Kier alpha value is -1.35. The van der Waals surface area contributed by atoms with Crippen LogP contribution in [0.25, 0.3) is 11.0 Å². The van der Waals surface area contributed by atoms with E-state index >= 15 is 0 Å². The summed E-state index contributed by atoms with van der Waals surface area (Å²) in [6.45, 7) is 2.03. The van der Waals surface area contributed by atoms with Crippen LogP contribution < -0.4 is 5.73 Å². The second-order valence-corrected chi connectivity index (χ2v) is 4.93. The number of hydrogen-bond donors (Lipinski definition) is 2. The number of rotatable bonds is 3. The predicted molar refractivity (Wildman–Crippen MR) is 65.4 cm³/mol. The summed E-state index contributed by atoms with van der Waals surface area (Å²) in [5, 5.41) is 0. The van der Waals surface area contributed by atoms with Crippen LogP contribution in [0.1, 0.15) is 37.1 Å². The third-order valence-corrected chi connectivity index (χ3v) is 3.09. The highest BCUT2D eigenvalue weighted by molar-refractivity contribution is 5.76. The highest BCUT2D eigenvalue weighted by Crippen LogP contribution is 2.39. The highest BCUT2D eigenvalue weighted by atomic mass is 14.9. The summed E-state index contributed by atoms with van der Waals surface area (Å²) in [5.41, 5.74) is 9.32. The number of aromatic amines is 1. The zero-order valence-corrected chi connectivity index (χ0v) is 9.53. The normalized spacial score (nSPS) is 17.9. The fraction of sp³-hybridized carbons (Fsp3) is 0.462. The van der Waals surface area contributed by atoms with Crippen molar-refractivity contribution in [2.45, 2.75) is 38.1 Å². The lowest BCUT2D eigenvalue weighted by Gasteiger charge is -2.04. The second-order valence-electron chi connectivity index (χ2n) is 4.93. The van der Waals surface area contributed by atoms with Gasteiger partial charge in [-0.2, -0.15) is 0 Å². The minimum atomic E-state index is 0.211. The first-order valence-electron chi connectivity index (χ1n) is 5.96. The molecular formula is C13H17N3. The molecule has 1 aliphatic carbocycles. The molecule has 0 saturated heterocycles. The van der Waals surface area contributed by atoms with Crippen molar-refractivity contribution < 1.29 is 0 Å². The lowest BCUT2D eigenvalue weighted by atomic mass is 10.1. The van der Waals surface area contributed by atoms with Crippen molar-refractivity contribution >= 4 is 11.0 Å². The van der Waals surface area contributed by atoms with Gasteiger partial charge in [0.1, 0.15) is 5.82 Å². The van der Waals surface area contributed by atoms with E-state index in [2.05, 4.69) is 28.2 Å². The fourth-order valence-corrected chi connectivity index (χ4v) is 2.13. The fourth-order valence-electron chi connectivity index (χ4n) is 2.13. The molecule has 1 fully saturated rings. The minimum absolute atomic E-state index is 0.211. The van der Waals surface area contributed by atoms with Gasteiger partial charge in [0.05, 0.1) is 11.0 Å². The van der Waals surface area contributed by atoms with Gasteiger partial charge in [-0.25, -0.2) is 4.98 Å². The Kier molecular flexibility index (Phi) is 2.21. The van der Waals surface area contributed by atoms with Crippen LogP contribution in [0.2, 0.25) is 0 Å². The summed E-state index contributed by atoms with van der Waals surface area (Å²) in [5.74, 6) is 1.84. The summed E-state index contributed by atoms with van der Waals surface area (Å²) < 4.78 is 0. The molecule has 0 spiro atoms. The van der Waals surface area contributed by atoms with E-state index in [1.165, 1.54) is 18.4 Å². The van der Waals surface area contributed by atoms with Crippen LogP contribution in [0.4, 0.5) is 0 Å². The molecule has 16 heavy (non-hydrogen) atoms. The van der Waals surface area contributed by atoms with Crippen LogP contribution in [0.15, 0.2) is 18.2 Å². The summed E-state index contributed by atoms with van der Waals surface area (Å²) in [6.07, 6.45) is 3.49. The summed E-state index contributed by atoms with van der Waals surface area (Å²) in [6, 6.07) is 6.61. The van der Waals surface area contributed by atoms with Crippen molar-refractivity contribution in [3.05, 3.63) is 29.6 Å². The van der Waals surface area contributed by atoms with Crippen molar-refractivity contribution in [3.63, 3.8) is 0 Å². The number of nitrogens with one attached hydrogen (secondary N) is 1. The molecule has 3 rings (SSSR count). The van der Waals surface area contributed by atoms with Gasteiger partial charge >= 0.3 is 0 Å². The molecule has 1 unspecified atom stereocenters. The van der Waals surface area contributed by atoms with E-state index in [0.29, 0.717) is 5.92 Å². The smallest absolute Gasteiger partial charge is 0.110 e. The Morgan fingerprint density at radius 1 is 1.50 bits per heavy atom.